The molecule has 0 radical (unpaired) electrons. The van der Waals surface area contributed by atoms with Crippen molar-refractivity contribution in [1.29, 1.82) is 0 Å². The average molecular weight is 503 g/mol. The molecule has 10 heteroatoms. The van der Waals surface area contributed by atoms with Gasteiger partial charge in [0.05, 0.1) is 6.20 Å². The predicted octanol–water partition coefficient (Wildman–Crippen LogP) is 3.82. The molecule has 1 unspecified atom stereocenters. The fraction of sp³-hybridized carbons (Fsp3) is 0.259. The van der Waals surface area contributed by atoms with Crippen molar-refractivity contribution >= 4 is 23.5 Å². The monoisotopic (exact) mass is 502 g/mol. The highest BCUT2D eigenvalue weighted by Gasteiger charge is 2.29. The van der Waals surface area contributed by atoms with Crippen molar-refractivity contribution in [2.75, 3.05) is 31.5 Å². The molecule has 2 aromatic carbocycles. The number of imidazole rings is 1. The normalized spacial score (nSPS) is 14.4. The number of hydrogen-bond acceptors (Lipinski definition) is 6. The van der Waals surface area contributed by atoms with Gasteiger partial charge in [-0.3, -0.25) is 14.2 Å². The van der Waals surface area contributed by atoms with Crippen LogP contribution in [0.1, 0.15) is 12.5 Å². The molecule has 2 aromatic heterocycles. The van der Waals surface area contributed by atoms with E-state index in [9.17, 15) is 14.0 Å². The van der Waals surface area contributed by atoms with E-state index in [4.69, 9.17) is 4.74 Å². The minimum absolute atomic E-state index is 0.0913. The number of nitrogens with one attached hydrogen (secondary N) is 1. The van der Waals surface area contributed by atoms with Crippen LogP contribution in [0, 0.1) is 5.82 Å². The molecule has 1 atom stereocenters. The number of carbonyl (C=O) groups is 2. The van der Waals surface area contributed by atoms with Gasteiger partial charge >= 0.3 is 6.09 Å². The Labute approximate surface area is 213 Å². The summed E-state index contributed by atoms with van der Waals surface area (Å²) < 4.78 is 20.7. The number of ether oxygens (including phenoxy) is 1. The van der Waals surface area contributed by atoms with Crippen LogP contribution in [0.4, 0.5) is 15.0 Å². The molecule has 1 N–H and O–H groups in total. The number of carbonyl (C=O) groups excluding carboxylic acids is 2. The number of nitrogens with zero attached hydrogens (tertiary/aromatic N) is 5. The van der Waals surface area contributed by atoms with Crippen LogP contribution in [0.3, 0.4) is 0 Å². The Hall–Kier alpha value is -4.47. The number of aromatic nitrogens is 3. The molecule has 5 rings (SSSR count). The van der Waals surface area contributed by atoms with E-state index < -0.39 is 6.04 Å². The van der Waals surface area contributed by atoms with Gasteiger partial charge in [-0.2, -0.15) is 0 Å². The van der Waals surface area contributed by atoms with Gasteiger partial charge in [0.1, 0.15) is 30.0 Å². The van der Waals surface area contributed by atoms with Crippen molar-refractivity contribution in [3.8, 4) is 11.3 Å². The van der Waals surface area contributed by atoms with Crippen LogP contribution >= 0.6 is 0 Å². The number of hydrogen-bond donors (Lipinski definition) is 1. The van der Waals surface area contributed by atoms with Gasteiger partial charge in [-0.25, -0.2) is 14.2 Å². The minimum Gasteiger partial charge on any atom is -0.445 e. The summed E-state index contributed by atoms with van der Waals surface area (Å²) >= 11 is 0. The van der Waals surface area contributed by atoms with Crippen molar-refractivity contribution in [3.63, 3.8) is 0 Å². The largest absolute Gasteiger partial charge is 0.445 e. The minimum atomic E-state index is -0.566. The van der Waals surface area contributed by atoms with Gasteiger partial charge in [0.2, 0.25) is 5.91 Å². The lowest BCUT2D eigenvalue weighted by atomic mass is 10.1. The molecule has 0 aliphatic carbocycles. The Morgan fingerprint density at radius 3 is 2.46 bits per heavy atom. The third kappa shape index (κ3) is 5.37. The first-order valence-electron chi connectivity index (χ1n) is 12.1. The number of halogens is 1. The maximum atomic E-state index is 13.5. The summed E-state index contributed by atoms with van der Waals surface area (Å²) in [7, 11) is 0. The molecule has 0 spiro atoms. The highest BCUT2D eigenvalue weighted by Crippen LogP contribution is 2.29. The average Bonchev–Trinajstić information content (AvgIpc) is 3.30. The quantitative estimate of drug-likeness (QED) is 0.431. The molecule has 4 aromatic rings. The zero-order valence-corrected chi connectivity index (χ0v) is 20.4. The van der Waals surface area contributed by atoms with Crippen LogP contribution < -0.4 is 5.32 Å². The Kier molecular flexibility index (Phi) is 6.98. The zero-order chi connectivity index (χ0) is 25.8. The van der Waals surface area contributed by atoms with Crippen LogP contribution in [-0.4, -0.2) is 68.4 Å². The van der Waals surface area contributed by atoms with Gasteiger partial charge < -0.3 is 19.9 Å². The summed E-state index contributed by atoms with van der Waals surface area (Å²) in [6.45, 7) is 3.62. The predicted molar refractivity (Wildman–Crippen MR) is 136 cm³/mol. The van der Waals surface area contributed by atoms with Crippen LogP contribution in [-0.2, 0) is 16.1 Å². The lowest BCUT2D eigenvalue weighted by Crippen LogP contribution is -2.53. The van der Waals surface area contributed by atoms with Gasteiger partial charge in [-0.15, -0.1) is 0 Å². The Bertz CT molecular complexity index is 1380. The second-order valence-corrected chi connectivity index (χ2v) is 8.84. The highest BCUT2D eigenvalue weighted by molar-refractivity contribution is 5.86. The molecule has 37 heavy (non-hydrogen) atoms. The van der Waals surface area contributed by atoms with E-state index >= 15 is 0 Å². The second-order valence-electron chi connectivity index (χ2n) is 8.84. The van der Waals surface area contributed by atoms with Crippen LogP contribution in [0.5, 0.6) is 0 Å². The van der Waals surface area contributed by atoms with E-state index in [1.807, 2.05) is 34.7 Å². The molecule has 3 heterocycles. The molecule has 0 saturated carbocycles. The lowest BCUT2D eigenvalue weighted by molar-refractivity contribution is -0.133. The summed E-state index contributed by atoms with van der Waals surface area (Å²) in [5.41, 5.74) is 2.84. The second kappa shape index (κ2) is 10.7. The molecule has 9 nitrogen and oxygen atoms in total. The molecule has 0 bridgehead atoms. The Morgan fingerprint density at radius 1 is 1.03 bits per heavy atom. The third-order valence-corrected chi connectivity index (χ3v) is 6.33. The van der Waals surface area contributed by atoms with Crippen molar-refractivity contribution in [3.05, 3.63) is 84.6 Å². The summed E-state index contributed by atoms with van der Waals surface area (Å²) in [6.07, 6.45) is 4.64. The number of piperazine rings is 1. The standard InChI is InChI=1S/C27H27FN6O3/c1-19(26(35)32-13-15-33(16-14-32)27(36)37-18-20-5-3-2-4-6-20)30-25-24(21-7-9-22(28)10-8-21)31-23-17-29-11-12-34(23)25/h2-12,17,19,30H,13-16,18H2,1H3. The highest BCUT2D eigenvalue weighted by atomic mass is 19.1. The van der Waals surface area contributed by atoms with E-state index in [0.717, 1.165) is 11.1 Å². The number of rotatable bonds is 6. The maximum absolute atomic E-state index is 13.5. The SMILES string of the molecule is CC(Nc1c(-c2ccc(F)cc2)nc2cnccn12)C(=O)N1CCN(C(=O)OCc2ccccc2)CC1. The van der Waals surface area contributed by atoms with Crippen molar-refractivity contribution in [2.24, 2.45) is 0 Å². The van der Waals surface area contributed by atoms with Gasteiger partial charge in [0.15, 0.2) is 5.65 Å². The first-order valence-corrected chi connectivity index (χ1v) is 12.1. The van der Waals surface area contributed by atoms with E-state index in [1.165, 1.54) is 12.1 Å². The smallest absolute Gasteiger partial charge is 0.410 e. The molecule has 1 aliphatic rings. The van der Waals surface area contributed by atoms with Crippen molar-refractivity contribution in [2.45, 2.75) is 19.6 Å². The summed E-state index contributed by atoms with van der Waals surface area (Å²) in [4.78, 5) is 37.9. The lowest BCUT2D eigenvalue weighted by Gasteiger charge is -2.35. The van der Waals surface area contributed by atoms with Crippen LogP contribution in [0.15, 0.2) is 73.2 Å². The number of fused-ring (bicyclic) bond motifs is 1. The Morgan fingerprint density at radius 2 is 1.73 bits per heavy atom. The van der Waals surface area contributed by atoms with Crippen molar-refractivity contribution in [1.82, 2.24) is 24.2 Å². The van der Waals surface area contributed by atoms with E-state index in [0.29, 0.717) is 43.3 Å². The van der Waals surface area contributed by atoms with Gasteiger partial charge in [-0.1, -0.05) is 30.3 Å². The molecule has 190 valence electrons. The summed E-state index contributed by atoms with van der Waals surface area (Å²) in [5, 5.41) is 3.30. The van der Waals surface area contributed by atoms with Gasteiger partial charge in [0.25, 0.3) is 0 Å². The van der Waals surface area contributed by atoms with E-state index in [2.05, 4.69) is 15.3 Å². The number of amides is 2. The molecular formula is C27H27FN6O3. The topological polar surface area (TPSA) is 92.1 Å². The zero-order valence-electron chi connectivity index (χ0n) is 20.4. The first-order chi connectivity index (χ1) is 18.0. The van der Waals surface area contributed by atoms with E-state index in [1.54, 1.807) is 47.4 Å². The van der Waals surface area contributed by atoms with Crippen LogP contribution in [0.25, 0.3) is 16.9 Å². The fourth-order valence-corrected chi connectivity index (χ4v) is 4.31. The Balaban J connectivity index is 1.23. The van der Waals surface area contributed by atoms with Gasteiger partial charge in [0, 0.05) is 44.1 Å². The maximum Gasteiger partial charge on any atom is 0.410 e. The fourth-order valence-electron chi connectivity index (χ4n) is 4.31. The van der Waals surface area contributed by atoms with Crippen molar-refractivity contribution < 1.29 is 18.7 Å². The third-order valence-electron chi connectivity index (χ3n) is 6.33. The summed E-state index contributed by atoms with van der Waals surface area (Å²) in [6, 6.07) is 15.0. The molecule has 2 amide bonds. The number of benzene rings is 2. The molecule has 1 saturated heterocycles. The van der Waals surface area contributed by atoms with Crippen LogP contribution in [0.2, 0.25) is 0 Å². The van der Waals surface area contributed by atoms with E-state index in [-0.39, 0.29) is 24.4 Å². The number of anilines is 1. The molecule has 1 aliphatic heterocycles. The van der Waals surface area contributed by atoms with Gasteiger partial charge in [-0.05, 0) is 36.8 Å². The molecular weight excluding hydrogens is 475 g/mol. The first kappa shape index (κ1) is 24.2. The summed E-state index contributed by atoms with van der Waals surface area (Å²) in [5.74, 6) is 0.190. The molecule has 1 fully saturated rings.